The Morgan fingerprint density at radius 2 is 1.89 bits per heavy atom. The number of carbonyl (C=O) groups is 2. The molecular weight excluding hydrogens is 505 g/mol. The van der Waals surface area contributed by atoms with Gasteiger partial charge in [0.25, 0.3) is 11.8 Å². The number of rotatable bonds is 5. The Morgan fingerprint density at radius 3 is 2.60 bits per heavy atom. The summed E-state index contributed by atoms with van der Waals surface area (Å²) in [6.07, 6.45) is -2.59. The van der Waals surface area contributed by atoms with E-state index in [0.717, 1.165) is 28.9 Å². The minimum absolute atomic E-state index is 0.136. The van der Waals surface area contributed by atoms with Crippen LogP contribution in [-0.2, 0) is 13.2 Å². The molecule has 4 aromatic rings. The zero-order chi connectivity index (χ0) is 25.5. The minimum Gasteiger partial charge on any atom is -0.343 e. The highest BCUT2D eigenvalue weighted by Gasteiger charge is 2.34. The number of alkyl halides is 3. The predicted octanol–water partition coefficient (Wildman–Crippen LogP) is 5.15. The second kappa shape index (κ2) is 9.27. The average Bonchev–Trinajstić information content (AvgIpc) is 3.39. The fraction of sp³-hybridized carbons (Fsp3) is 0.227. The summed E-state index contributed by atoms with van der Waals surface area (Å²) in [5.41, 5.74) is 0.916. The molecule has 0 aliphatic rings. The van der Waals surface area contributed by atoms with E-state index in [9.17, 15) is 22.8 Å². The van der Waals surface area contributed by atoms with E-state index in [1.807, 2.05) is 24.6 Å². The van der Waals surface area contributed by atoms with Gasteiger partial charge in [-0.1, -0.05) is 11.6 Å². The first-order valence-corrected chi connectivity index (χ1v) is 11.4. The molecule has 2 N–H and O–H groups in total. The van der Waals surface area contributed by atoms with Crippen molar-refractivity contribution in [1.29, 1.82) is 0 Å². The number of fused-ring (bicyclic) bond motifs is 1. The topological polar surface area (TPSA) is 102 Å². The molecule has 182 valence electrons. The van der Waals surface area contributed by atoms with Gasteiger partial charge >= 0.3 is 6.18 Å². The number of nitrogens with one attached hydrogen (secondary N) is 2. The van der Waals surface area contributed by atoms with Crippen LogP contribution in [0, 0.1) is 6.92 Å². The number of aromatic nitrogens is 4. The molecule has 4 rings (SSSR count). The van der Waals surface area contributed by atoms with Crippen LogP contribution >= 0.6 is 22.9 Å². The fourth-order valence-corrected chi connectivity index (χ4v) is 4.32. The minimum atomic E-state index is -4.69. The van der Waals surface area contributed by atoms with Crippen LogP contribution in [0.25, 0.3) is 11.0 Å². The number of hydrogen-bond donors (Lipinski definition) is 2. The summed E-state index contributed by atoms with van der Waals surface area (Å²) in [6.45, 7) is 3.58. The van der Waals surface area contributed by atoms with Crippen LogP contribution in [0.15, 0.2) is 36.7 Å². The molecule has 1 atom stereocenters. The quantitative estimate of drug-likeness (QED) is 0.377. The number of amides is 2. The molecule has 13 heteroatoms. The van der Waals surface area contributed by atoms with E-state index in [0.29, 0.717) is 22.2 Å². The summed E-state index contributed by atoms with van der Waals surface area (Å²) in [6, 6.07) is 5.33. The van der Waals surface area contributed by atoms with E-state index < -0.39 is 28.7 Å². The van der Waals surface area contributed by atoms with E-state index in [-0.39, 0.29) is 16.6 Å². The lowest BCUT2D eigenvalue weighted by molar-refractivity contribution is -0.137. The standard InChI is InChI=1S/C22H18ClF3N6O2S/c1-10(29-19(33)12-4-5-16-15(6-12)30-11(2)32(16)3)21-28-9-17(35-21)20(34)31-18-7-13(22(24,25)26)14(23)8-27-18/h4-10H,1-3H3,(H,29,33)(H,27,31,34)/t10-/m1/s1. The number of anilines is 1. The molecule has 1 aromatic carbocycles. The third kappa shape index (κ3) is 5.13. The van der Waals surface area contributed by atoms with Crippen molar-refractivity contribution in [2.75, 3.05) is 5.32 Å². The Hall–Kier alpha value is -3.51. The van der Waals surface area contributed by atoms with Crippen LogP contribution in [0.3, 0.4) is 0 Å². The number of imidazole rings is 1. The number of carbonyl (C=O) groups excluding carboxylic acids is 2. The molecule has 0 aliphatic heterocycles. The normalized spacial score (nSPS) is 12.5. The van der Waals surface area contributed by atoms with Crippen molar-refractivity contribution in [3.05, 3.63) is 68.5 Å². The SMILES string of the molecule is Cc1nc2cc(C(=O)N[C@H](C)c3ncc(C(=O)Nc4cc(C(F)(F)F)c(Cl)cn4)s3)ccc2n1C. The van der Waals surface area contributed by atoms with E-state index in [1.165, 1.54) is 6.20 Å². The lowest BCUT2D eigenvalue weighted by Gasteiger charge is -2.11. The van der Waals surface area contributed by atoms with Crippen LogP contribution in [0.1, 0.15) is 49.4 Å². The van der Waals surface area contributed by atoms with Gasteiger partial charge in [-0.2, -0.15) is 13.2 Å². The molecule has 3 aromatic heterocycles. The van der Waals surface area contributed by atoms with Crippen molar-refractivity contribution in [2.24, 2.45) is 7.05 Å². The maximum atomic E-state index is 13.0. The second-order valence-electron chi connectivity index (χ2n) is 7.68. The van der Waals surface area contributed by atoms with Gasteiger partial charge in [-0.3, -0.25) is 9.59 Å². The number of pyridine rings is 1. The van der Waals surface area contributed by atoms with Crippen molar-refractivity contribution in [3.8, 4) is 0 Å². The van der Waals surface area contributed by atoms with Crippen LogP contribution < -0.4 is 10.6 Å². The van der Waals surface area contributed by atoms with E-state index in [1.54, 1.807) is 19.1 Å². The van der Waals surface area contributed by atoms with Crippen LogP contribution in [-0.4, -0.2) is 31.3 Å². The summed E-state index contributed by atoms with van der Waals surface area (Å²) in [4.78, 5) is 37.7. The lowest BCUT2D eigenvalue weighted by atomic mass is 10.1. The highest BCUT2D eigenvalue weighted by molar-refractivity contribution is 7.13. The van der Waals surface area contributed by atoms with Gasteiger partial charge in [0.1, 0.15) is 21.5 Å². The first-order valence-electron chi connectivity index (χ1n) is 10.2. The van der Waals surface area contributed by atoms with Crippen LogP contribution in [0.4, 0.5) is 19.0 Å². The molecule has 0 saturated heterocycles. The van der Waals surface area contributed by atoms with Crippen molar-refractivity contribution in [2.45, 2.75) is 26.1 Å². The van der Waals surface area contributed by atoms with Gasteiger partial charge in [0, 0.05) is 18.8 Å². The van der Waals surface area contributed by atoms with E-state index in [2.05, 4.69) is 25.6 Å². The van der Waals surface area contributed by atoms with Gasteiger partial charge in [-0.25, -0.2) is 15.0 Å². The largest absolute Gasteiger partial charge is 0.418 e. The molecule has 0 saturated carbocycles. The second-order valence-corrected chi connectivity index (χ2v) is 9.15. The highest BCUT2D eigenvalue weighted by Crippen LogP contribution is 2.35. The zero-order valence-electron chi connectivity index (χ0n) is 18.6. The zero-order valence-corrected chi connectivity index (χ0v) is 20.1. The summed E-state index contributed by atoms with van der Waals surface area (Å²) in [7, 11) is 1.89. The molecule has 0 spiro atoms. The van der Waals surface area contributed by atoms with Gasteiger partial charge in [0.15, 0.2) is 0 Å². The number of nitrogens with zero attached hydrogens (tertiary/aromatic N) is 4. The van der Waals surface area contributed by atoms with Gasteiger partial charge in [-0.05, 0) is 38.1 Å². The molecule has 35 heavy (non-hydrogen) atoms. The Labute approximate surface area is 206 Å². The summed E-state index contributed by atoms with van der Waals surface area (Å²) in [5, 5.41) is 5.00. The van der Waals surface area contributed by atoms with Gasteiger partial charge in [0.2, 0.25) is 0 Å². The summed E-state index contributed by atoms with van der Waals surface area (Å²) in [5.74, 6) is -0.508. The Bertz CT molecular complexity index is 1450. The maximum Gasteiger partial charge on any atom is 0.418 e. The Morgan fingerprint density at radius 1 is 1.14 bits per heavy atom. The Balaban J connectivity index is 1.44. The van der Waals surface area contributed by atoms with Crippen molar-refractivity contribution in [1.82, 2.24) is 24.8 Å². The van der Waals surface area contributed by atoms with Crippen molar-refractivity contribution < 1.29 is 22.8 Å². The number of benzene rings is 1. The first-order chi connectivity index (χ1) is 16.4. The smallest absolute Gasteiger partial charge is 0.343 e. The molecule has 3 heterocycles. The molecule has 8 nitrogen and oxygen atoms in total. The fourth-order valence-electron chi connectivity index (χ4n) is 3.30. The summed E-state index contributed by atoms with van der Waals surface area (Å²) >= 11 is 6.55. The molecule has 0 unspecified atom stereocenters. The number of hydrogen-bond acceptors (Lipinski definition) is 6. The molecule has 0 bridgehead atoms. The summed E-state index contributed by atoms with van der Waals surface area (Å²) < 4.78 is 41.0. The van der Waals surface area contributed by atoms with Crippen LogP contribution in [0.2, 0.25) is 5.02 Å². The average molecular weight is 523 g/mol. The third-order valence-corrected chi connectivity index (χ3v) is 6.71. The molecule has 0 fully saturated rings. The van der Waals surface area contributed by atoms with Crippen LogP contribution in [0.5, 0.6) is 0 Å². The van der Waals surface area contributed by atoms with Crippen molar-refractivity contribution in [3.63, 3.8) is 0 Å². The number of aryl methyl sites for hydroxylation is 2. The van der Waals surface area contributed by atoms with Crippen molar-refractivity contribution >= 4 is 51.6 Å². The number of halogens is 4. The number of thiazole rings is 1. The monoisotopic (exact) mass is 522 g/mol. The molecule has 0 radical (unpaired) electrons. The molecule has 0 aliphatic carbocycles. The van der Waals surface area contributed by atoms with Gasteiger partial charge < -0.3 is 15.2 Å². The molecule has 2 amide bonds. The lowest BCUT2D eigenvalue weighted by Crippen LogP contribution is -2.26. The van der Waals surface area contributed by atoms with E-state index >= 15 is 0 Å². The first kappa shape index (κ1) is 24.6. The predicted molar refractivity (Wildman–Crippen MR) is 126 cm³/mol. The highest BCUT2D eigenvalue weighted by atomic mass is 35.5. The Kier molecular flexibility index (Phi) is 6.52. The van der Waals surface area contributed by atoms with Gasteiger partial charge in [0.05, 0.1) is 33.9 Å². The van der Waals surface area contributed by atoms with Gasteiger partial charge in [-0.15, -0.1) is 11.3 Å². The maximum absolute atomic E-state index is 13.0. The third-order valence-electron chi connectivity index (χ3n) is 5.23. The van der Waals surface area contributed by atoms with E-state index in [4.69, 9.17) is 11.6 Å². The molecular formula is C22H18ClF3N6O2S.